The number of hydrogen-bond acceptors (Lipinski definition) is 3. The maximum absolute atomic E-state index is 6.17. The lowest BCUT2D eigenvalue weighted by atomic mass is 9.97. The first kappa shape index (κ1) is 17.1. The topological polar surface area (TPSA) is 27.7 Å². The Hall–Kier alpha value is -1.73. The molecule has 0 fully saturated rings. The molecule has 3 rings (SSSR count). The largest absolute Gasteiger partial charge is 0.496 e. The zero-order chi connectivity index (χ0) is 17.4. The Morgan fingerprint density at radius 1 is 1.04 bits per heavy atom. The van der Waals surface area contributed by atoms with Crippen LogP contribution in [0.3, 0.4) is 0 Å². The second-order valence-corrected chi connectivity index (χ2v) is 7.92. The summed E-state index contributed by atoms with van der Waals surface area (Å²) >= 11 is 0. The monoisotopic (exact) mass is 344 g/mol. The van der Waals surface area contributed by atoms with E-state index in [0.717, 1.165) is 39.5 Å². The standard InChI is InChI=1S/C20H25O3P/c1-11(2)20-23-15-9-7-8-14(19(15)24-20)16-17(21-5)12(3)10-13(4)18(16)22-6/h7-11,20,24H,1-6H3/t20-/m0/s1. The summed E-state index contributed by atoms with van der Waals surface area (Å²) in [4.78, 5) is 0. The quantitative estimate of drug-likeness (QED) is 0.755. The lowest BCUT2D eigenvalue weighted by Crippen LogP contribution is -2.13. The minimum atomic E-state index is 0.254. The number of methoxy groups -OCH3 is 2. The van der Waals surface area contributed by atoms with Gasteiger partial charge in [0.1, 0.15) is 23.1 Å². The third-order valence-corrected chi connectivity index (χ3v) is 6.33. The van der Waals surface area contributed by atoms with E-state index in [-0.39, 0.29) is 5.85 Å². The van der Waals surface area contributed by atoms with Crippen LogP contribution in [0.1, 0.15) is 25.0 Å². The van der Waals surface area contributed by atoms with Crippen molar-refractivity contribution in [3.8, 4) is 28.4 Å². The van der Waals surface area contributed by atoms with Gasteiger partial charge in [0.15, 0.2) is 0 Å². The molecule has 0 aliphatic carbocycles. The van der Waals surface area contributed by atoms with Crippen molar-refractivity contribution >= 4 is 13.9 Å². The third-order valence-electron chi connectivity index (χ3n) is 4.45. The van der Waals surface area contributed by atoms with Crippen LogP contribution in [0.15, 0.2) is 24.3 Å². The molecule has 24 heavy (non-hydrogen) atoms. The van der Waals surface area contributed by atoms with Gasteiger partial charge in [-0.1, -0.05) is 26.0 Å². The van der Waals surface area contributed by atoms with Crippen LogP contribution in [-0.4, -0.2) is 20.1 Å². The average molecular weight is 344 g/mol. The molecule has 1 aliphatic rings. The first-order chi connectivity index (χ1) is 11.5. The van der Waals surface area contributed by atoms with Gasteiger partial charge in [0, 0.05) is 10.9 Å². The van der Waals surface area contributed by atoms with Crippen molar-refractivity contribution in [3.05, 3.63) is 35.4 Å². The smallest absolute Gasteiger partial charge is 0.133 e. The SMILES string of the molecule is COc1c(C)cc(C)c(OC)c1-c1cccc2c1P[C@@H](C(C)C)O2. The molecule has 0 amide bonds. The molecule has 2 atom stereocenters. The van der Waals surface area contributed by atoms with E-state index in [2.05, 4.69) is 52.0 Å². The van der Waals surface area contributed by atoms with E-state index in [1.54, 1.807) is 14.2 Å². The number of benzene rings is 2. The zero-order valence-electron chi connectivity index (χ0n) is 15.2. The molecule has 0 saturated carbocycles. The van der Waals surface area contributed by atoms with Crippen LogP contribution >= 0.6 is 8.58 Å². The molecule has 4 heteroatoms. The summed E-state index contributed by atoms with van der Waals surface area (Å²) in [5.41, 5.74) is 4.43. The maximum Gasteiger partial charge on any atom is 0.133 e. The van der Waals surface area contributed by atoms with Crippen LogP contribution in [0, 0.1) is 19.8 Å². The summed E-state index contributed by atoms with van der Waals surface area (Å²) in [5, 5.41) is 1.28. The number of fused-ring (bicyclic) bond motifs is 1. The lowest BCUT2D eigenvalue weighted by Gasteiger charge is -2.19. The Bertz CT molecular complexity index is 740. The van der Waals surface area contributed by atoms with Crippen LogP contribution in [0.5, 0.6) is 17.2 Å². The van der Waals surface area contributed by atoms with E-state index in [1.165, 1.54) is 5.30 Å². The van der Waals surface area contributed by atoms with Gasteiger partial charge in [-0.3, -0.25) is 0 Å². The molecule has 0 bridgehead atoms. The highest BCUT2D eigenvalue weighted by Gasteiger charge is 2.30. The summed E-state index contributed by atoms with van der Waals surface area (Å²) in [5.74, 6) is 3.50. The summed E-state index contributed by atoms with van der Waals surface area (Å²) < 4.78 is 17.7. The average Bonchev–Trinajstić information content (AvgIpc) is 2.98. The Kier molecular flexibility index (Phi) is 4.73. The minimum absolute atomic E-state index is 0.254. The van der Waals surface area contributed by atoms with Crippen molar-refractivity contribution in [2.75, 3.05) is 14.2 Å². The number of ether oxygens (including phenoxy) is 3. The third kappa shape index (κ3) is 2.75. The summed E-state index contributed by atoms with van der Waals surface area (Å²) in [6.45, 7) is 8.57. The molecule has 0 saturated heterocycles. The van der Waals surface area contributed by atoms with Gasteiger partial charge in [-0.2, -0.15) is 0 Å². The van der Waals surface area contributed by atoms with Crippen LogP contribution in [-0.2, 0) is 0 Å². The van der Waals surface area contributed by atoms with Gasteiger partial charge in [0.2, 0.25) is 0 Å². The molecule has 1 heterocycles. The molecule has 3 nitrogen and oxygen atoms in total. The predicted molar refractivity (Wildman–Crippen MR) is 102 cm³/mol. The van der Waals surface area contributed by atoms with E-state index in [9.17, 15) is 0 Å². The molecule has 128 valence electrons. The van der Waals surface area contributed by atoms with E-state index in [4.69, 9.17) is 14.2 Å². The summed E-state index contributed by atoms with van der Waals surface area (Å²) in [6.07, 6.45) is 0. The van der Waals surface area contributed by atoms with Crippen LogP contribution in [0.4, 0.5) is 0 Å². The highest BCUT2D eigenvalue weighted by atomic mass is 31.1. The normalized spacial score (nSPS) is 17.0. The van der Waals surface area contributed by atoms with E-state index < -0.39 is 0 Å². The summed E-state index contributed by atoms with van der Waals surface area (Å²) in [7, 11) is 4.07. The van der Waals surface area contributed by atoms with Crippen LogP contribution in [0.25, 0.3) is 11.1 Å². The van der Waals surface area contributed by atoms with Crippen molar-refractivity contribution in [2.45, 2.75) is 33.5 Å². The van der Waals surface area contributed by atoms with Crippen molar-refractivity contribution in [1.82, 2.24) is 0 Å². The fourth-order valence-corrected chi connectivity index (χ4v) is 4.77. The van der Waals surface area contributed by atoms with Gasteiger partial charge in [-0.15, -0.1) is 0 Å². The van der Waals surface area contributed by atoms with E-state index >= 15 is 0 Å². The van der Waals surface area contributed by atoms with Gasteiger partial charge in [-0.05, 0) is 51.6 Å². The van der Waals surface area contributed by atoms with Crippen molar-refractivity contribution in [3.63, 3.8) is 0 Å². The fourth-order valence-electron chi connectivity index (χ4n) is 3.32. The lowest BCUT2D eigenvalue weighted by molar-refractivity contribution is 0.244. The first-order valence-electron chi connectivity index (χ1n) is 8.26. The van der Waals surface area contributed by atoms with Crippen molar-refractivity contribution in [2.24, 2.45) is 5.92 Å². The van der Waals surface area contributed by atoms with Crippen molar-refractivity contribution in [1.29, 1.82) is 0 Å². The second-order valence-electron chi connectivity index (χ2n) is 6.56. The Labute approximate surface area is 146 Å². The first-order valence-corrected chi connectivity index (χ1v) is 9.34. The highest BCUT2D eigenvalue weighted by molar-refractivity contribution is 7.49. The molecule has 1 unspecified atom stereocenters. The second kappa shape index (κ2) is 6.64. The molecule has 2 aromatic rings. The van der Waals surface area contributed by atoms with Crippen LogP contribution in [0.2, 0.25) is 0 Å². The summed E-state index contributed by atoms with van der Waals surface area (Å²) in [6, 6.07) is 8.38. The van der Waals surface area contributed by atoms with Gasteiger partial charge >= 0.3 is 0 Å². The predicted octanol–water partition coefficient (Wildman–Crippen LogP) is 4.67. The molecule has 1 aliphatic heterocycles. The van der Waals surface area contributed by atoms with Crippen LogP contribution < -0.4 is 19.5 Å². The number of aryl methyl sites for hydroxylation is 2. The van der Waals surface area contributed by atoms with Gasteiger partial charge in [0.25, 0.3) is 0 Å². The molecule has 2 aromatic carbocycles. The van der Waals surface area contributed by atoms with Gasteiger partial charge in [0.05, 0.1) is 19.8 Å². The molecule has 0 radical (unpaired) electrons. The molecule has 0 aromatic heterocycles. The molecule has 0 spiro atoms. The van der Waals surface area contributed by atoms with Crippen molar-refractivity contribution < 1.29 is 14.2 Å². The Morgan fingerprint density at radius 2 is 1.67 bits per heavy atom. The van der Waals surface area contributed by atoms with Gasteiger partial charge < -0.3 is 14.2 Å². The highest BCUT2D eigenvalue weighted by Crippen LogP contribution is 2.47. The Balaban J connectivity index is 2.24. The zero-order valence-corrected chi connectivity index (χ0v) is 16.2. The fraction of sp³-hybridized carbons (Fsp3) is 0.400. The molecular weight excluding hydrogens is 319 g/mol. The number of rotatable bonds is 4. The maximum atomic E-state index is 6.17. The Morgan fingerprint density at radius 3 is 2.21 bits per heavy atom. The van der Waals surface area contributed by atoms with E-state index in [0.29, 0.717) is 14.5 Å². The minimum Gasteiger partial charge on any atom is -0.496 e. The molecular formula is C20H25O3P. The number of hydrogen-bond donors (Lipinski definition) is 0. The van der Waals surface area contributed by atoms with E-state index in [1.807, 2.05) is 0 Å². The van der Waals surface area contributed by atoms with Gasteiger partial charge in [-0.25, -0.2) is 0 Å². The molecule has 0 N–H and O–H groups in total.